The van der Waals surface area contributed by atoms with Crippen LogP contribution in [0.25, 0.3) is 0 Å². The van der Waals surface area contributed by atoms with Crippen molar-refractivity contribution in [1.29, 1.82) is 0 Å². The molecule has 0 saturated heterocycles. The van der Waals surface area contributed by atoms with Crippen LogP contribution in [0.5, 0.6) is 5.75 Å². The molecule has 8 heteroatoms. The molecule has 0 saturated carbocycles. The fourth-order valence-corrected chi connectivity index (χ4v) is 1.64. The minimum Gasteiger partial charge on any atom is -0.376 e. The smallest absolute Gasteiger partial charge is 0.376 e. The first-order chi connectivity index (χ1) is 7.93. The van der Waals surface area contributed by atoms with Gasteiger partial charge in [0.15, 0.2) is 0 Å². The first-order valence-corrected chi connectivity index (χ1v) is 6.45. The first-order valence-electron chi connectivity index (χ1n) is 5.05. The number of benzene rings is 1. The third-order valence-electron chi connectivity index (χ3n) is 2.21. The van der Waals surface area contributed by atoms with Crippen LogP contribution in [0.15, 0.2) is 24.3 Å². The van der Waals surface area contributed by atoms with Gasteiger partial charge in [0.25, 0.3) is 0 Å². The van der Waals surface area contributed by atoms with Gasteiger partial charge in [-0.25, -0.2) is 0 Å². The maximum atomic E-state index is 12.1. The maximum Gasteiger partial charge on any atom is 0.534 e. The summed E-state index contributed by atoms with van der Waals surface area (Å²) in [7, 11) is -5.60. The fourth-order valence-electron chi connectivity index (χ4n) is 1.18. The van der Waals surface area contributed by atoms with Crippen LogP contribution in [0, 0.1) is 0 Å². The van der Waals surface area contributed by atoms with Gasteiger partial charge in [-0.3, -0.25) is 0 Å². The van der Waals surface area contributed by atoms with Crippen molar-refractivity contribution in [2.75, 3.05) is 0 Å². The number of alkyl halides is 3. The quantitative estimate of drug-likeness (QED) is 0.621. The minimum absolute atomic E-state index is 0. The molecular weight excluding hydrogens is 301 g/mol. The SMILES string of the molecule is CC(C)(C)c1ccc(OS(=O)(=O)C(F)(F)F)cc1.S. The Labute approximate surface area is 117 Å². The second-order valence-electron chi connectivity index (χ2n) is 4.76. The van der Waals surface area contributed by atoms with Crippen molar-refractivity contribution < 1.29 is 25.8 Å². The molecule has 0 aromatic heterocycles. The molecule has 1 aromatic rings. The molecule has 19 heavy (non-hydrogen) atoms. The van der Waals surface area contributed by atoms with E-state index in [2.05, 4.69) is 4.18 Å². The molecule has 1 rings (SSSR count). The van der Waals surface area contributed by atoms with Crippen molar-refractivity contribution in [3.05, 3.63) is 29.8 Å². The van der Waals surface area contributed by atoms with Crippen LogP contribution in [0.3, 0.4) is 0 Å². The van der Waals surface area contributed by atoms with Crippen LogP contribution in [-0.4, -0.2) is 13.9 Å². The lowest BCUT2D eigenvalue weighted by atomic mass is 9.87. The molecule has 0 amide bonds. The number of hydrogen-bond acceptors (Lipinski definition) is 3. The summed E-state index contributed by atoms with van der Waals surface area (Å²) in [5.74, 6) is -0.361. The predicted molar refractivity (Wildman–Crippen MR) is 71.1 cm³/mol. The molecule has 0 radical (unpaired) electrons. The van der Waals surface area contributed by atoms with Gasteiger partial charge in [-0.2, -0.15) is 35.1 Å². The number of halogens is 3. The van der Waals surface area contributed by atoms with E-state index in [-0.39, 0.29) is 24.7 Å². The summed E-state index contributed by atoms with van der Waals surface area (Å²) in [6, 6.07) is 5.45. The zero-order valence-electron chi connectivity index (χ0n) is 10.6. The molecule has 0 N–H and O–H groups in total. The molecule has 1 aromatic carbocycles. The van der Waals surface area contributed by atoms with Crippen molar-refractivity contribution >= 4 is 23.6 Å². The molecule has 0 fully saturated rings. The Morgan fingerprint density at radius 3 is 1.74 bits per heavy atom. The summed E-state index contributed by atoms with van der Waals surface area (Å²) in [4.78, 5) is 0. The van der Waals surface area contributed by atoms with Crippen molar-refractivity contribution in [3.8, 4) is 5.75 Å². The lowest BCUT2D eigenvalue weighted by molar-refractivity contribution is -0.0500. The van der Waals surface area contributed by atoms with Crippen LogP contribution in [-0.2, 0) is 15.5 Å². The second kappa shape index (κ2) is 5.62. The Bertz CT molecular complexity index is 514. The van der Waals surface area contributed by atoms with Gasteiger partial charge in [-0.05, 0) is 23.1 Å². The Hall–Kier alpha value is -0.890. The normalized spacial score (nSPS) is 12.7. The number of hydrogen-bond donors (Lipinski definition) is 0. The van der Waals surface area contributed by atoms with Gasteiger partial charge in [-0.15, -0.1) is 0 Å². The Balaban J connectivity index is 0.00000324. The summed E-state index contributed by atoms with van der Waals surface area (Å²) in [6.45, 7) is 5.78. The third kappa shape index (κ3) is 4.61. The van der Waals surface area contributed by atoms with Gasteiger partial charge < -0.3 is 4.18 Å². The van der Waals surface area contributed by atoms with E-state index in [1.165, 1.54) is 24.3 Å². The second-order valence-corrected chi connectivity index (χ2v) is 6.30. The molecule has 0 unspecified atom stereocenters. The largest absolute Gasteiger partial charge is 0.534 e. The lowest BCUT2D eigenvalue weighted by Gasteiger charge is -2.19. The standard InChI is InChI=1S/C11H13F3O3S.H2S/c1-10(2,3)8-4-6-9(7-5-8)17-18(15,16)11(12,13)14;/h4-7H,1-3H3;1H2. The van der Waals surface area contributed by atoms with Crippen molar-refractivity contribution in [1.82, 2.24) is 0 Å². The van der Waals surface area contributed by atoms with E-state index in [0.29, 0.717) is 0 Å². The highest BCUT2D eigenvalue weighted by Gasteiger charge is 2.48. The van der Waals surface area contributed by atoms with Crippen LogP contribution in [0.2, 0.25) is 0 Å². The summed E-state index contributed by atoms with van der Waals surface area (Å²) >= 11 is 0. The number of rotatable bonds is 2. The Morgan fingerprint density at radius 1 is 1.00 bits per heavy atom. The van der Waals surface area contributed by atoms with E-state index >= 15 is 0 Å². The molecule has 0 heterocycles. The van der Waals surface area contributed by atoms with Gasteiger partial charge in [0.2, 0.25) is 0 Å². The van der Waals surface area contributed by atoms with Gasteiger partial charge >= 0.3 is 15.6 Å². The summed E-state index contributed by atoms with van der Waals surface area (Å²) in [5, 5.41) is 0. The summed E-state index contributed by atoms with van der Waals surface area (Å²) in [6.07, 6.45) is 0. The highest BCUT2D eigenvalue weighted by molar-refractivity contribution is 7.88. The molecule has 0 aliphatic heterocycles. The van der Waals surface area contributed by atoms with E-state index < -0.39 is 15.6 Å². The molecule has 0 spiro atoms. The molecule has 110 valence electrons. The average molecular weight is 316 g/mol. The monoisotopic (exact) mass is 316 g/mol. The molecule has 3 nitrogen and oxygen atoms in total. The Kier molecular flexibility index (Phi) is 5.36. The van der Waals surface area contributed by atoms with E-state index in [1.54, 1.807) is 0 Å². The summed E-state index contributed by atoms with van der Waals surface area (Å²) in [5.41, 5.74) is -4.74. The average Bonchev–Trinajstić information content (AvgIpc) is 2.14. The maximum absolute atomic E-state index is 12.1. The first kappa shape index (κ1) is 18.1. The summed E-state index contributed by atoms with van der Waals surface area (Å²) < 4.78 is 61.7. The van der Waals surface area contributed by atoms with E-state index in [1.807, 2.05) is 20.8 Å². The van der Waals surface area contributed by atoms with E-state index in [4.69, 9.17) is 0 Å². The van der Waals surface area contributed by atoms with E-state index in [0.717, 1.165) is 5.56 Å². The van der Waals surface area contributed by atoms with Crippen molar-refractivity contribution in [2.45, 2.75) is 31.7 Å². The van der Waals surface area contributed by atoms with Gasteiger partial charge in [0, 0.05) is 0 Å². The highest BCUT2D eigenvalue weighted by Crippen LogP contribution is 2.29. The Morgan fingerprint density at radius 2 is 1.42 bits per heavy atom. The molecule has 0 aliphatic rings. The molecule has 0 aliphatic carbocycles. The van der Waals surface area contributed by atoms with E-state index in [9.17, 15) is 21.6 Å². The fraction of sp³-hybridized carbons (Fsp3) is 0.455. The van der Waals surface area contributed by atoms with Gasteiger partial charge in [0.05, 0.1) is 0 Å². The zero-order chi connectivity index (χ0) is 14.2. The van der Waals surface area contributed by atoms with Crippen LogP contribution in [0.4, 0.5) is 13.2 Å². The molecule has 0 bridgehead atoms. The lowest BCUT2D eigenvalue weighted by Crippen LogP contribution is -2.28. The van der Waals surface area contributed by atoms with Crippen LogP contribution in [0.1, 0.15) is 26.3 Å². The zero-order valence-corrected chi connectivity index (χ0v) is 12.4. The topological polar surface area (TPSA) is 43.4 Å². The van der Waals surface area contributed by atoms with Crippen LogP contribution < -0.4 is 4.18 Å². The highest BCUT2D eigenvalue weighted by atomic mass is 32.2. The predicted octanol–water partition coefficient (Wildman–Crippen LogP) is 3.33. The van der Waals surface area contributed by atoms with Gasteiger partial charge in [-0.1, -0.05) is 32.9 Å². The van der Waals surface area contributed by atoms with Crippen molar-refractivity contribution in [3.63, 3.8) is 0 Å². The van der Waals surface area contributed by atoms with Crippen molar-refractivity contribution in [2.24, 2.45) is 0 Å². The molecular formula is C11H15F3O3S2. The van der Waals surface area contributed by atoms with Gasteiger partial charge in [0.1, 0.15) is 5.75 Å². The van der Waals surface area contributed by atoms with Crippen LogP contribution >= 0.6 is 13.5 Å². The minimum atomic E-state index is -5.60. The third-order valence-corrected chi connectivity index (χ3v) is 3.19. The molecule has 0 atom stereocenters.